The summed E-state index contributed by atoms with van der Waals surface area (Å²) in [5.74, 6) is 0. The fourth-order valence-electron chi connectivity index (χ4n) is 0.387. The number of ether oxygens (including phenoxy) is 3. The van der Waals surface area contributed by atoms with Crippen molar-refractivity contribution in [3.8, 4) is 0 Å². The topological polar surface area (TPSA) is 27.7 Å². The summed E-state index contributed by atoms with van der Waals surface area (Å²) >= 11 is 0. The van der Waals surface area contributed by atoms with Gasteiger partial charge < -0.3 is 14.2 Å². The molecule has 0 aliphatic rings. The molecule has 0 aliphatic heterocycles. The van der Waals surface area contributed by atoms with Gasteiger partial charge in [-0.1, -0.05) is 0 Å². The van der Waals surface area contributed by atoms with Crippen molar-refractivity contribution in [3.05, 3.63) is 0 Å². The Kier molecular flexibility index (Phi) is 17.8. The molecular formula is C6H14CeO3. The van der Waals surface area contributed by atoms with Gasteiger partial charge >= 0.3 is 0 Å². The molecule has 10 heavy (non-hydrogen) atoms. The second kappa shape index (κ2) is 12.9. The van der Waals surface area contributed by atoms with Crippen LogP contribution in [0.5, 0.6) is 0 Å². The summed E-state index contributed by atoms with van der Waals surface area (Å²) in [6.07, 6.45) is 0. The molecule has 0 aromatic heterocycles. The molecule has 0 amide bonds. The molecule has 0 unspecified atom stereocenters. The maximum atomic E-state index is 5.06. The zero-order valence-corrected chi connectivity index (χ0v) is 9.69. The maximum Gasteiger partial charge on any atom is 0.0701 e. The first-order valence-corrected chi connectivity index (χ1v) is 2.97. The van der Waals surface area contributed by atoms with Crippen molar-refractivity contribution in [1.29, 1.82) is 0 Å². The van der Waals surface area contributed by atoms with Gasteiger partial charge in [0.2, 0.25) is 0 Å². The van der Waals surface area contributed by atoms with Gasteiger partial charge in [-0.15, -0.1) is 0 Å². The zero-order valence-electron chi connectivity index (χ0n) is 6.55. The van der Waals surface area contributed by atoms with E-state index in [1.54, 1.807) is 14.2 Å². The average Bonchev–Trinajstić information content (AvgIpc) is 1.89. The summed E-state index contributed by atoms with van der Waals surface area (Å²) < 4.78 is 14.6. The van der Waals surface area contributed by atoms with Gasteiger partial charge in [-0.2, -0.15) is 0 Å². The van der Waals surface area contributed by atoms with E-state index in [-0.39, 0.29) is 41.7 Å². The van der Waals surface area contributed by atoms with Gasteiger partial charge in [0.1, 0.15) is 0 Å². The minimum absolute atomic E-state index is 0. The molecule has 0 saturated heterocycles. The summed E-state index contributed by atoms with van der Waals surface area (Å²) in [7, 11) is 3.30. The maximum absolute atomic E-state index is 5.06. The van der Waals surface area contributed by atoms with Crippen molar-refractivity contribution in [2.45, 2.75) is 0 Å². The van der Waals surface area contributed by atoms with Crippen LogP contribution >= 0.6 is 0 Å². The molecule has 4 heteroatoms. The van der Waals surface area contributed by atoms with Crippen LogP contribution < -0.4 is 0 Å². The van der Waals surface area contributed by atoms with Crippen LogP contribution in [0.15, 0.2) is 0 Å². The Morgan fingerprint density at radius 2 is 1.20 bits per heavy atom. The number of hydrogen-bond donors (Lipinski definition) is 0. The van der Waals surface area contributed by atoms with Crippen LogP contribution in [-0.2, 0) is 14.2 Å². The molecular weight excluding hydrogens is 260 g/mol. The standard InChI is InChI=1S/C6H14O3.Ce/c1-7-3-5-9-6-4-8-2;/h3-6H2,1-2H3;. The Morgan fingerprint density at radius 3 is 1.50 bits per heavy atom. The summed E-state index contributed by atoms with van der Waals surface area (Å²) in [4.78, 5) is 0. The first-order chi connectivity index (χ1) is 4.41. The molecule has 0 spiro atoms. The monoisotopic (exact) mass is 274 g/mol. The predicted molar refractivity (Wildman–Crippen MR) is 34.6 cm³/mol. The number of hydrogen-bond acceptors (Lipinski definition) is 3. The van der Waals surface area contributed by atoms with E-state index in [0.717, 1.165) is 0 Å². The van der Waals surface area contributed by atoms with Gasteiger partial charge in [0.25, 0.3) is 0 Å². The Hall–Kier alpha value is 1.26. The van der Waals surface area contributed by atoms with Crippen molar-refractivity contribution in [2.75, 3.05) is 40.6 Å². The summed E-state index contributed by atoms with van der Waals surface area (Å²) in [6.45, 7) is 2.62. The fraction of sp³-hybridized carbons (Fsp3) is 1.00. The van der Waals surface area contributed by atoms with Crippen LogP contribution in [0.3, 0.4) is 0 Å². The molecule has 0 rings (SSSR count). The largest absolute Gasteiger partial charge is 0.382 e. The predicted octanol–water partition coefficient (Wildman–Crippen LogP) is 0.296. The van der Waals surface area contributed by atoms with Gasteiger partial charge in [0, 0.05) is 56.0 Å². The van der Waals surface area contributed by atoms with E-state index >= 15 is 0 Å². The molecule has 0 aromatic carbocycles. The average molecular weight is 274 g/mol. The van der Waals surface area contributed by atoms with Crippen LogP contribution in [0.1, 0.15) is 0 Å². The number of methoxy groups -OCH3 is 2. The van der Waals surface area contributed by atoms with E-state index in [1.807, 2.05) is 0 Å². The molecule has 0 aliphatic carbocycles. The first-order valence-electron chi connectivity index (χ1n) is 2.97. The van der Waals surface area contributed by atoms with Gasteiger partial charge in [0.05, 0.1) is 26.4 Å². The van der Waals surface area contributed by atoms with Crippen molar-refractivity contribution in [3.63, 3.8) is 0 Å². The third-order valence-electron chi connectivity index (χ3n) is 0.864. The quantitative estimate of drug-likeness (QED) is 0.652. The third kappa shape index (κ3) is 12.0. The van der Waals surface area contributed by atoms with Crippen molar-refractivity contribution in [2.24, 2.45) is 0 Å². The van der Waals surface area contributed by atoms with Gasteiger partial charge in [-0.25, -0.2) is 0 Å². The van der Waals surface area contributed by atoms with Crippen LogP contribution in [0.4, 0.5) is 0 Å². The van der Waals surface area contributed by atoms with E-state index < -0.39 is 0 Å². The molecule has 0 N–H and O–H groups in total. The molecule has 0 fully saturated rings. The van der Waals surface area contributed by atoms with Crippen LogP contribution in [-0.4, -0.2) is 40.6 Å². The smallest absolute Gasteiger partial charge is 0.0701 e. The third-order valence-corrected chi connectivity index (χ3v) is 0.864. The molecule has 0 atom stereocenters. The van der Waals surface area contributed by atoms with E-state index in [4.69, 9.17) is 14.2 Å². The van der Waals surface area contributed by atoms with Crippen LogP contribution in [0, 0.1) is 41.7 Å². The second-order valence-electron chi connectivity index (χ2n) is 1.60. The summed E-state index contributed by atoms with van der Waals surface area (Å²) in [5.41, 5.74) is 0. The van der Waals surface area contributed by atoms with Crippen LogP contribution in [0.2, 0.25) is 0 Å². The molecule has 60 valence electrons. The van der Waals surface area contributed by atoms with Gasteiger partial charge in [0.15, 0.2) is 0 Å². The molecule has 3 nitrogen and oxygen atoms in total. The minimum Gasteiger partial charge on any atom is -0.382 e. The SMILES string of the molecule is COCCOCCOC.[Ce]. The second-order valence-corrected chi connectivity index (χ2v) is 1.60. The zero-order chi connectivity index (χ0) is 6.95. The van der Waals surface area contributed by atoms with E-state index in [2.05, 4.69) is 0 Å². The Labute approximate surface area is 95.8 Å². The Bertz CT molecular complexity index is 46.3. The molecule has 0 bridgehead atoms. The van der Waals surface area contributed by atoms with Gasteiger partial charge in [-0.05, 0) is 0 Å². The Balaban J connectivity index is 0. The van der Waals surface area contributed by atoms with Crippen molar-refractivity contribution < 1.29 is 56.0 Å². The number of rotatable bonds is 6. The Morgan fingerprint density at radius 1 is 0.800 bits per heavy atom. The summed E-state index contributed by atoms with van der Waals surface area (Å²) in [5, 5.41) is 0. The minimum atomic E-state index is 0. The first kappa shape index (κ1) is 13.8. The summed E-state index contributed by atoms with van der Waals surface area (Å²) in [6, 6.07) is 0. The van der Waals surface area contributed by atoms with Crippen molar-refractivity contribution in [1.82, 2.24) is 0 Å². The van der Waals surface area contributed by atoms with E-state index in [0.29, 0.717) is 26.4 Å². The van der Waals surface area contributed by atoms with E-state index in [1.165, 1.54) is 0 Å². The van der Waals surface area contributed by atoms with Crippen molar-refractivity contribution >= 4 is 0 Å². The normalized spacial score (nSPS) is 9.00. The fourth-order valence-corrected chi connectivity index (χ4v) is 0.387. The van der Waals surface area contributed by atoms with Gasteiger partial charge in [-0.3, -0.25) is 0 Å². The molecule has 0 radical (unpaired) electrons. The van der Waals surface area contributed by atoms with Crippen LogP contribution in [0.25, 0.3) is 0 Å². The van der Waals surface area contributed by atoms with E-state index in [9.17, 15) is 0 Å². The molecule has 0 heterocycles. The molecule has 0 aromatic rings. The molecule has 0 saturated carbocycles.